The number of hydrogen-bond acceptors (Lipinski definition) is 6. The minimum absolute atomic E-state index is 0.0676. The van der Waals surface area contributed by atoms with Crippen molar-refractivity contribution in [1.82, 2.24) is 19.8 Å². The molecule has 4 aromatic rings. The molecule has 9 heteroatoms. The minimum atomic E-state index is -0.223. The van der Waals surface area contributed by atoms with Crippen molar-refractivity contribution in [3.8, 4) is 16.3 Å². The van der Waals surface area contributed by atoms with Gasteiger partial charge in [-0.3, -0.25) is 4.79 Å². The van der Waals surface area contributed by atoms with Crippen LogP contribution in [0.2, 0.25) is 0 Å². The Kier molecular flexibility index (Phi) is 5.59. The fourth-order valence-corrected chi connectivity index (χ4v) is 3.87. The Hall–Kier alpha value is -2.78. The van der Waals surface area contributed by atoms with E-state index in [1.165, 1.54) is 11.3 Å². The summed E-state index contributed by atoms with van der Waals surface area (Å²) in [5, 5.41) is 16.6. The minimum Gasteiger partial charge on any atom is -0.484 e. The summed E-state index contributed by atoms with van der Waals surface area (Å²) < 4.78 is 8.27. The molecule has 0 spiro atoms. The number of aryl methyl sites for hydroxylation is 2. The maximum Gasteiger partial charge on any atom is 0.262 e. The van der Waals surface area contributed by atoms with Crippen LogP contribution in [0.4, 0.5) is 5.69 Å². The van der Waals surface area contributed by atoms with Crippen molar-refractivity contribution >= 4 is 43.8 Å². The number of rotatable bonds is 6. The van der Waals surface area contributed by atoms with E-state index < -0.39 is 0 Å². The molecule has 0 saturated carbocycles. The number of amides is 1. The third kappa shape index (κ3) is 4.30. The van der Waals surface area contributed by atoms with Crippen molar-refractivity contribution in [3.05, 3.63) is 58.3 Å². The van der Waals surface area contributed by atoms with E-state index in [0.717, 1.165) is 43.5 Å². The monoisotopic (exact) mass is 471 g/mol. The lowest BCUT2D eigenvalue weighted by molar-refractivity contribution is -0.118. The Morgan fingerprint density at radius 2 is 2.00 bits per heavy atom. The first kappa shape index (κ1) is 19.5. The Balaban J connectivity index is 1.49. The summed E-state index contributed by atoms with van der Waals surface area (Å²) in [6.07, 6.45) is 0.762. The number of hydrogen-bond donors (Lipinski definition) is 1. The van der Waals surface area contributed by atoms with E-state index in [4.69, 9.17) is 4.74 Å². The van der Waals surface area contributed by atoms with Crippen molar-refractivity contribution in [1.29, 1.82) is 0 Å². The van der Waals surface area contributed by atoms with Gasteiger partial charge in [-0.15, -0.1) is 10.2 Å². The van der Waals surface area contributed by atoms with E-state index in [2.05, 4.69) is 36.5 Å². The van der Waals surface area contributed by atoms with Gasteiger partial charge in [0, 0.05) is 22.1 Å². The van der Waals surface area contributed by atoms with Gasteiger partial charge in [-0.2, -0.15) is 9.61 Å². The molecule has 2 heterocycles. The highest BCUT2D eigenvalue weighted by atomic mass is 79.9. The van der Waals surface area contributed by atoms with Crippen molar-refractivity contribution in [2.24, 2.45) is 0 Å². The molecule has 0 unspecified atom stereocenters. The fourth-order valence-electron chi connectivity index (χ4n) is 2.75. The first-order valence-electron chi connectivity index (χ1n) is 9.04. The summed E-state index contributed by atoms with van der Waals surface area (Å²) in [6.45, 7) is 3.90. The molecular weight excluding hydrogens is 454 g/mol. The maximum absolute atomic E-state index is 12.4. The lowest BCUT2D eigenvalue weighted by atomic mass is 10.1. The number of nitrogens with one attached hydrogen (secondary N) is 1. The molecule has 1 amide bonds. The molecule has 0 saturated heterocycles. The van der Waals surface area contributed by atoms with Gasteiger partial charge in [0.15, 0.2) is 12.4 Å². The molecule has 0 bridgehead atoms. The molecule has 0 aliphatic rings. The van der Waals surface area contributed by atoms with Crippen LogP contribution in [0.5, 0.6) is 5.75 Å². The molecule has 7 nitrogen and oxygen atoms in total. The summed E-state index contributed by atoms with van der Waals surface area (Å²) in [6, 6.07) is 13.2. The second-order valence-electron chi connectivity index (χ2n) is 6.39. The molecule has 4 rings (SSSR count). The Bertz CT molecular complexity index is 1170. The van der Waals surface area contributed by atoms with E-state index in [1.807, 2.05) is 56.3 Å². The number of anilines is 1. The van der Waals surface area contributed by atoms with Crippen molar-refractivity contribution in [3.63, 3.8) is 0 Å². The van der Waals surface area contributed by atoms with Gasteiger partial charge in [0.1, 0.15) is 10.8 Å². The summed E-state index contributed by atoms with van der Waals surface area (Å²) in [4.78, 5) is 13.1. The number of fused-ring (bicyclic) bond motifs is 1. The Morgan fingerprint density at radius 1 is 1.21 bits per heavy atom. The van der Waals surface area contributed by atoms with Crippen molar-refractivity contribution < 1.29 is 9.53 Å². The molecular formula is C20H18BrN5O2S. The van der Waals surface area contributed by atoms with E-state index in [9.17, 15) is 4.79 Å². The summed E-state index contributed by atoms with van der Waals surface area (Å²) >= 11 is 4.84. The summed E-state index contributed by atoms with van der Waals surface area (Å²) in [7, 11) is 0. The lowest BCUT2D eigenvalue weighted by Crippen LogP contribution is -2.20. The van der Waals surface area contributed by atoms with Gasteiger partial charge >= 0.3 is 0 Å². The van der Waals surface area contributed by atoms with Crippen LogP contribution in [-0.4, -0.2) is 32.3 Å². The number of nitrogens with zero attached hydrogens (tertiary/aromatic N) is 4. The summed E-state index contributed by atoms with van der Waals surface area (Å²) in [5.74, 6) is 1.24. The topological polar surface area (TPSA) is 81.4 Å². The number of ether oxygens (including phenoxy) is 1. The van der Waals surface area contributed by atoms with Crippen LogP contribution in [0.15, 0.2) is 46.9 Å². The fraction of sp³-hybridized carbons (Fsp3) is 0.200. The van der Waals surface area contributed by atoms with Crippen LogP contribution in [-0.2, 0) is 11.2 Å². The SMILES string of the molecule is CCc1nnc2sc(-c3ccc(C)c(NC(=O)COc4ccc(Br)cc4)c3)nn12. The van der Waals surface area contributed by atoms with Gasteiger partial charge in [0.2, 0.25) is 4.96 Å². The second kappa shape index (κ2) is 8.30. The third-order valence-corrected chi connectivity index (χ3v) is 5.79. The number of carbonyl (C=O) groups excluding carboxylic acids is 1. The average Bonchev–Trinajstić information content (AvgIpc) is 3.30. The molecule has 0 aliphatic carbocycles. The molecule has 1 N–H and O–H groups in total. The molecule has 2 aromatic carbocycles. The van der Waals surface area contributed by atoms with Gasteiger partial charge in [0.25, 0.3) is 5.91 Å². The van der Waals surface area contributed by atoms with Crippen molar-refractivity contribution in [2.45, 2.75) is 20.3 Å². The highest BCUT2D eigenvalue weighted by Gasteiger charge is 2.14. The van der Waals surface area contributed by atoms with Gasteiger partial charge in [-0.25, -0.2) is 0 Å². The molecule has 29 heavy (non-hydrogen) atoms. The van der Waals surface area contributed by atoms with Crippen LogP contribution in [0.3, 0.4) is 0 Å². The Morgan fingerprint density at radius 3 is 2.76 bits per heavy atom. The zero-order valence-electron chi connectivity index (χ0n) is 15.8. The predicted octanol–water partition coefficient (Wildman–Crippen LogP) is 4.50. The van der Waals surface area contributed by atoms with Crippen LogP contribution in [0.1, 0.15) is 18.3 Å². The lowest BCUT2D eigenvalue weighted by Gasteiger charge is -2.11. The zero-order chi connectivity index (χ0) is 20.4. The van der Waals surface area contributed by atoms with E-state index in [-0.39, 0.29) is 12.5 Å². The van der Waals surface area contributed by atoms with Gasteiger partial charge in [0.05, 0.1) is 0 Å². The molecule has 0 fully saturated rings. The van der Waals surface area contributed by atoms with Crippen LogP contribution in [0.25, 0.3) is 15.5 Å². The van der Waals surface area contributed by atoms with Crippen LogP contribution < -0.4 is 10.1 Å². The first-order chi connectivity index (χ1) is 14.0. The van der Waals surface area contributed by atoms with Gasteiger partial charge in [-0.1, -0.05) is 46.3 Å². The molecule has 148 valence electrons. The third-order valence-electron chi connectivity index (χ3n) is 4.31. The quantitative estimate of drug-likeness (QED) is 0.447. The van der Waals surface area contributed by atoms with E-state index in [1.54, 1.807) is 4.52 Å². The highest BCUT2D eigenvalue weighted by Crippen LogP contribution is 2.29. The van der Waals surface area contributed by atoms with Gasteiger partial charge < -0.3 is 10.1 Å². The standard InChI is InChI=1S/C20H18BrN5O2S/c1-3-17-23-24-20-26(17)25-19(29-20)13-5-4-12(2)16(10-13)22-18(27)11-28-15-8-6-14(21)7-9-15/h4-10H,3,11H2,1-2H3,(H,22,27). The predicted molar refractivity (Wildman–Crippen MR) is 116 cm³/mol. The number of carbonyl (C=O) groups is 1. The highest BCUT2D eigenvalue weighted by molar-refractivity contribution is 9.10. The molecule has 0 atom stereocenters. The smallest absolute Gasteiger partial charge is 0.262 e. The Labute approximate surface area is 179 Å². The summed E-state index contributed by atoms with van der Waals surface area (Å²) in [5.41, 5.74) is 2.61. The molecule has 2 aromatic heterocycles. The van der Waals surface area contributed by atoms with Crippen molar-refractivity contribution in [2.75, 3.05) is 11.9 Å². The largest absolute Gasteiger partial charge is 0.484 e. The first-order valence-corrected chi connectivity index (χ1v) is 10.6. The average molecular weight is 472 g/mol. The molecule has 0 radical (unpaired) electrons. The van der Waals surface area contributed by atoms with E-state index in [0.29, 0.717) is 5.75 Å². The number of benzene rings is 2. The van der Waals surface area contributed by atoms with Crippen LogP contribution >= 0.6 is 27.3 Å². The number of halogens is 1. The zero-order valence-corrected chi connectivity index (χ0v) is 18.2. The number of aromatic nitrogens is 4. The second-order valence-corrected chi connectivity index (χ2v) is 8.26. The van der Waals surface area contributed by atoms with Crippen LogP contribution in [0, 0.1) is 6.92 Å². The molecule has 0 aliphatic heterocycles. The normalized spacial score (nSPS) is 11.0. The van der Waals surface area contributed by atoms with Gasteiger partial charge in [-0.05, 0) is 42.8 Å². The maximum atomic E-state index is 12.4. The van der Waals surface area contributed by atoms with E-state index >= 15 is 0 Å².